The summed E-state index contributed by atoms with van der Waals surface area (Å²) in [5.41, 5.74) is 1.20. The standard InChI is InChI=1S/C16H21N5O2S/c22-14(9-11-10-24-8-7-17-11)18-5-6-19-16(23)15-12-3-1-2-4-13(12)20-21-15/h1-4,11,17H,5-10H2,(H,18,22)(H,19,23)(H,20,21). The molecular weight excluding hydrogens is 326 g/mol. The second-order valence-corrected chi connectivity index (χ2v) is 6.80. The van der Waals surface area contributed by atoms with Gasteiger partial charge in [0.15, 0.2) is 5.69 Å². The molecule has 2 heterocycles. The fourth-order valence-electron chi connectivity index (χ4n) is 2.65. The molecule has 0 saturated carbocycles. The molecule has 8 heteroatoms. The zero-order valence-corrected chi connectivity index (χ0v) is 14.1. The summed E-state index contributed by atoms with van der Waals surface area (Å²) in [5, 5.41) is 16.6. The summed E-state index contributed by atoms with van der Waals surface area (Å²) in [7, 11) is 0. The van der Waals surface area contributed by atoms with E-state index in [0.29, 0.717) is 25.2 Å². The number of nitrogens with zero attached hydrogens (tertiary/aromatic N) is 1. The van der Waals surface area contributed by atoms with Gasteiger partial charge in [-0.15, -0.1) is 0 Å². The minimum Gasteiger partial charge on any atom is -0.354 e. The zero-order valence-electron chi connectivity index (χ0n) is 13.3. The Kier molecular flexibility index (Phi) is 5.71. The summed E-state index contributed by atoms with van der Waals surface area (Å²) in [6.07, 6.45) is 0.477. The predicted molar refractivity (Wildman–Crippen MR) is 95.2 cm³/mol. The van der Waals surface area contributed by atoms with Gasteiger partial charge in [-0.3, -0.25) is 14.7 Å². The van der Waals surface area contributed by atoms with Crippen molar-refractivity contribution in [2.24, 2.45) is 0 Å². The smallest absolute Gasteiger partial charge is 0.272 e. The molecule has 1 atom stereocenters. The number of para-hydroxylation sites is 1. The lowest BCUT2D eigenvalue weighted by molar-refractivity contribution is -0.121. The van der Waals surface area contributed by atoms with Crippen molar-refractivity contribution in [3.05, 3.63) is 30.0 Å². The van der Waals surface area contributed by atoms with Crippen molar-refractivity contribution in [3.63, 3.8) is 0 Å². The van der Waals surface area contributed by atoms with E-state index in [1.165, 1.54) is 0 Å². The number of carbonyl (C=O) groups is 2. The van der Waals surface area contributed by atoms with E-state index in [0.717, 1.165) is 29.0 Å². The number of benzene rings is 1. The number of aromatic nitrogens is 2. The molecule has 3 rings (SSSR count). The Hall–Kier alpha value is -2.06. The maximum atomic E-state index is 12.2. The van der Waals surface area contributed by atoms with E-state index < -0.39 is 0 Å². The highest BCUT2D eigenvalue weighted by Gasteiger charge is 2.16. The van der Waals surface area contributed by atoms with Crippen LogP contribution < -0.4 is 16.0 Å². The number of hydrogen-bond acceptors (Lipinski definition) is 5. The second kappa shape index (κ2) is 8.16. The SMILES string of the molecule is O=C(CC1CSCCN1)NCCNC(=O)c1n[nH]c2ccccc12. The monoisotopic (exact) mass is 347 g/mol. The van der Waals surface area contributed by atoms with E-state index in [4.69, 9.17) is 0 Å². The molecule has 7 nitrogen and oxygen atoms in total. The summed E-state index contributed by atoms with van der Waals surface area (Å²) in [6, 6.07) is 7.72. The fraction of sp³-hybridized carbons (Fsp3) is 0.438. The quantitative estimate of drug-likeness (QED) is 0.571. The van der Waals surface area contributed by atoms with Crippen LogP contribution in [0.3, 0.4) is 0 Å². The Morgan fingerprint density at radius 1 is 1.25 bits per heavy atom. The van der Waals surface area contributed by atoms with Gasteiger partial charge in [-0.25, -0.2) is 0 Å². The summed E-state index contributed by atoms with van der Waals surface area (Å²) in [4.78, 5) is 24.0. The van der Waals surface area contributed by atoms with Crippen LogP contribution in [-0.2, 0) is 4.79 Å². The summed E-state index contributed by atoms with van der Waals surface area (Å²) < 4.78 is 0. The van der Waals surface area contributed by atoms with Crippen molar-refractivity contribution in [2.45, 2.75) is 12.5 Å². The number of nitrogens with one attached hydrogen (secondary N) is 4. The first kappa shape index (κ1) is 16.8. The van der Waals surface area contributed by atoms with Crippen molar-refractivity contribution in [2.75, 3.05) is 31.1 Å². The van der Waals surface area contributed by atoms with Crippen molar-refractivity contribution in [1.29, 1.82) is 0 Å². The molecule has 2 aromatic rings. The Morgan fingerprint density at radius 2 is 2.08 bits per heavy atom. The Labute approximate surface area is 144 Å². The summed E-state index contributed by atoms with van der Waals surface area (Å²) in [6.45, 7) is 1.74. The lowest BCUT2D eigenvalue weighted by atomic mass is 10.2. The summed E-state index contributed by atoms with van der Waals surface area (Å²) >= 11 is 1.87. The van der Waals surface area contributed by atoms with E-state index in [1.54, 1.807) is 0 Å². The molecule has 0 spiro atoms. The molecule has 1 aromatic heterocycles. The van der Waals surface area contributed by atoms with Crippen LogP contribution in [0.4, 0.5) is 0 Å². The molecule has 1 aliphatic heterocycles. The molecule has 0 bridgehead atoms. The molecule has 128 valence electrons. The first-order chi connectivity index (χ1) is 11.7. The molecule has 1 unspecified atom stereocenters. The number of H-pyrrole nitrogens is 1. The van der Waals surface area contributed by atoms with Crippen molar-refractivity contribution < 1.29 is 9.59 Å². The molecular formula is C16H21N5O2S. The van der Waals surface area contributed by atoms with Crippen molar-refractivity contribution >= 4 is 34.5 Å². The average molecular weight is 347 g/mol. The normalized spacial score (nSPS) is 17.6. The molecule has 1 fully saturated rings. The molecule has 1 aliphatic rings. The highest BCUT2D eigenvalue weighted by Crippen LogP contribution is 2.14. The summed E-state index contributed by atoms with van der Waals surface area (Å²) in [5.74, 6) is 1.84. The molecule has 0 radical (unpaired) electrons. The second-order valence-electron chi connectivity index (χ2n) is 5.65. The molecule has 1 aromatic carbocycles. The average Bonchev–Trinajstić information content (AvgIpc) is 3.03. The molecule has 24 heavy (non-hydrogen) atoms. The lowest BCUT2D eigenvalue weighted by Gasteiger charge is -2.22. The van der Waals surface area contributed by atoms with Crippen LogP contribution in [0.15, 0.2) is 24.3 Å². The van der Waals surface area contributed by atoms with Gasteiger partial charge in [0, 0.05) is 49.0 Å². The van der Waals surface area contributed by atoms with Crippen LogP contribution >= 0.6 is 11.8 Å². The van der Waals surface area contributed by atoms with Crippen molar-refractivity contribution in [3.8, 4) is 0 Å². The van der Waals surface area contributed by atoms with Crippen LogP contribution in [0, 0.1) is 0 Å². The number of thioether (sulfide) groups is 1. The van der Waals surface area contributed by atoms with E-state index in [-0.39, 0.29) is 17.9 Å². The Morgan fingerprint density at radius 3 is 2.92 bits per heavy atom. The number of rotatable bonds is 6. The van der Waals surface area contributed by atoms with Crippen LogP contribution in [0.2, 0.25) is 0 Å². The number of fused-ring (bicyclic) bond motifs is 1. The van der Waals surface area contributed by atoms with E-state index in [1.807, 2.05) is 36.0 Å². The van der Waals surface area contributed by atoms with E-state index in [9.17, 15) is 9.59 Å². The molecule has 2 amide bonds. The van der Waals surface area contributed by atoms with Gasteiger partial charge in [0.1, 0.15) is 0 Å². The first-order valence-corrected chi connectivity index (χ1v) is 9.18. The predicted octanol–water partition coefficient (Wildman–Crippen LogP) is 0.504. The number of amides is 2. The van der Waals surface area contributed by atoms with E-state index in [2.05, 4.69) is 26.1 Å². The van der Waals surface area contributed by atoms with Gasteiger partial charge in [-0.1, -0.05) is 18.2 Å². The van der Waals surface area contributed by atoms with Crippen LogP contribution in [0.25, 0.3) is 10.9 Å². The van der Waals surface area contributed by atoms with Gasteiger partial charge in [-0.05, 0) is 6.07 Å². The Bertz CT molecular complexity index is 711. The highest BCUT2D eigenvalue weighted by molar-refractivity contribution is 7.99. The van der Waals surface area contributed by atoms with Crippen LogP contribution in [0.5, 0.6) is 0 Å². The largest absolute Gasteiger partial charge is 0.354 e. The third-order valence-corrected chi connectivity index (χ3v) is 4.98. The number of carbonyl (C=O) groups excluding carboxylic acids is 2. The van der Waals surface area contributed by atoms with Gasteiger partial charge in [0.25, 0.3) is 5.91 Å². The van der Waals surface area contributed by atoms with Gasteiger partial charge in [-0.2, -0.15) is 16.9 Å². The molecule has 4 N–H and O–H groups in total. The Balaban J connectivity index is 1.40. The minimum absolute atomic E-state index is 0.00877. The van der Waals surface area contributed by atoms with Crippen LogP contribution in [0.1, 0.15) is 16.9 Å². The molecule has 0 aliphatic carbocycles. The van der Waals surface area contributed by atoms with Crippen LogP contribution in [-0.4, -0.2) is 59.2 Å². The number of hydrogen-bond donors (Lipinski definition) is 4. The maximum absolute atomic E-state index is 12.2. The third-order valence-electron chi connectivity index (χ3n) is 3.85. The maximum Gasteiger partial charge on any atom is 0.272 e. The van der Waals surface area contributed by atoms with Crippen molar-refractivity contribution in [1.82, 2.24) is 26.1 Å². The zero-order chi connectivity index (χ0) is 16.8. The highest BCUT2D eigenvalue weighted by atomic mass is 32.2. The fourth-order valence-corrected chi connectivity index (χ4v) is 3.59. The van der Waals surface area contributed by atoms with Gasteiger partial charge in [0.2, 0.25) is 5.91 Å². The number of aromatic amines is 1. The topological polar surface area (TPSA) is 98.9 Å². The van der Waals surface area contributed by atoms with Gasteiger partial charge < -0.3 is 16.0 Å². The lowest BCUT2D eigenvalue weighted by Crippen LogP contribution is -2.42. The van der Waals surface area contributed by atoms with Gasteiger partial charge in [0.05, 0.1) is 5.52 Å². The third kappa shape index (κ3) is 4.27. The van der Waals surface area contributed by atoms with E-state index >= 15 is 0 Å². The molecule has 1 saturated heterocycles. The van der Waals surface area contributed by atoms with Gasteiger partial charge >= 0.3 is 0 Å². The minimum atomic E-state index is -0.243. The first-order valence-electron chi connectivity index (χ1n) is 8.03.